The first kappa shape index (κ1) is 24.2. The number of aryl methyl sites for hydroxylation is 1. The van der Waals surface area contributed by atoms with Gasteiger partial charge in [-0.2, -0.15) is 0 Å². The summed E-state index contributed by atoms with van der Waals surface area (Å²) < 4.78 is 4.94. The van der Waals surface area contributed by atoms with Crippen molar-refractivity contribution in [2.75, 3.05) is 30.9 Å². The fourth-order valence-electron chi connectivity index (χ4n) is 3.92. The lowest BCUT2D eigenvalue weighted by Crippen LogP contribution is -2.36. The molecule has 0 aliphatic heterocycles. The number of hydrogen-bond acceptors (Lipinski definition) is 6. The van der Waals surface area contributed by atoms with Crippen molar-refractivity contribution in [1.82, 2.24) is 5.32 Å². The molecular formula is C24H30N4O5. The number of methoxy groups -OCH3 is 1. The summed E-state index contributed by atoms with van der Waals surface area (Å²) in [7, 11) is 1.54. The number of nitrogens with zero attached hydrogens (tertiary/aromatic N) is 1. The van der Waals surface area contributed by atoms with Crippen LogP contribution in [0.15, 0.2) is 36.4 Å². The second-order valence-corrected chi connectivity index (χ2v) is 8.20. The van der Waals surface area contributed by atoms with Crippen LogP contribution >= 0.6 is 0 Å². The van der Waals surface area contributed by atoms with Crippen molar-refractivity contribution < 1.29 is 19.2 Å². The van der Waals surface area contributed by atoms with Crippen molar-refractivity contribution in [1.29, 1.82) is 0 Å². The van der Waals surface area contributed by atoms with E-state index in [1.807, 2.05) is 0 Å². The average Bonchev–Trinajstić information content (AvgIpc) is 2.81. The van der Waals surface area contributed by atoms with Crippen molar-refractivity contribution >= 4 is 28.9 Å². The van der Waals surface area contributed by atoms with Crippen molar-refractivity contribution in [2.24, 2.45) is 0 Å². The van der Waals surface area contributed by atoms with Gasteiger partial charge in [0.15, 0.2) is 0 Å². The Hall–Kier alpha value is -3.46. The predicted molar refractivity (Wildman–Crippen MR) is 127 cm³/mol. The molecule has 9 nitrogen and oxygen atoms in total. The van der Waals surface area contributed by atoms with Gasteiger partial charge in [-0.1, -0.05) is 19.3 Å². The molecule has 0 unspecified atom stereocenters. The number of rotatable bonds is 9. The molecule has 0 radical (unpaired) electrons. The van der Waals surface area contributed by atoms with Crippen molar-refractivity contribution in [3.8, 4) is 0 Å². The predicted octanol–water partition coefficient (Wildman–Crippen LogP) is 4.28. The van der Waals surface area contributed by atoms with E-state index in [4.69, 9.17) is 4.74 Å². The van der Waals surface area contributed by atoms with Gasteiger partial charge in [0.2, 0.25) is 0 Å². The van der Waals surface area contributed by atoms with Crippen LogP contribution in [0, 0.1) is 17.0 Å². The third kappa shape index (κ3) is 6.52. The highest BCUT2D eigenvalue weighted by Gasteiger charge is 2.19. The number of anilines is 2. The topological polar surface area (TPSA) is 123 Å². The highest BCUT2D eigenvalue weighted by atomic mass is 16.6. The summed E-state index contributed by atoms with van der Waals surface area (Å²) >= 11 is 0. The van der Waals surface area contributed by atoms with E-state index in [0.717, 1.165) is 31.2 Å². The molecule has 0 aromatic heterocycles. The molecule has 1 fully saturated rings. The monoisotopic (exact) mass is 454 g/mol. The van der Waals surface area contributed by atoms with Crippen LogP contribution in [-0.4, -0.2) is 43.0 Å². The molecule has 2 aromatic carbocycles. The normalized spacial score (nSPS) is 13.9. The highest BCUT2D eigenvalue weighted by Crippen LogP contribution is 2.26. The van der Waals surface area contributed by atoms with Gasteiger partial charge in [0, 0.05) is 42.6 Å². The Kier molecular flexibility index (Phi) is 8.37. The summed E-state index contributed by atoms with van der Waals surface area (Å²) in [5.41, 5.74) is 2.10. The van der Waals surface area contributed by atoms with Crippen molar-refractivity contribution in [3.63, 3.8) is 0 Å². The van der Waals surface area contributed by atoms with Crippen LogP contribution in [0.3, 0.4) is 0 Å². The zero-order valence-electron chi connectivity index (χ0n) is 19.0. The number of nitrogens with one attached hydrogen (secondary N) is 3. The largest absolute Gasteiger partial charge is 0.383 e. The number of carbonyl (C=O) groups is 2. The molecule has 1 aliphatic carbocycles. The number of carbonyl (C=O) groups excluding carboxylic acids is 2. The lowest BCUT2D eigenvalue weighted by Gasteiger charge is -2.23. The van der Waals surface area contributed by atoms with E-state index >= 15 is 0 Å². The van der Waals surface area contributed by atoms with Crippen LogP contribution in [-0.2, 0) is 4.74 Å². The van der Waals surface area contributed by atoms with Crippen molar-refractivity contribution in [3.05, 3.63) is 63.2 Å². The third-order valence-electron chi connectivity index (χ3n) is 5.76. The molecule has 176 valence electrons. The number of nitro benzene ring substituents is 1. The number of amides is 2. The molecule has 9 heteroatoms. The van der Waals surface area contributed by atoms with Gasteiger partial charge in [-0.15, -0.1) is 0 Å². The van der Waals surface area contributed by atoms with Crippen LogP contribution in [0.2, 0.25) is 0 Å². The number of hydrogen-bond donors (Lipinski definition) is 3. The Balaban J connectivity index is 1.68. The van der Waals surface area contributed by atoms with Gasteiger partial charge in [-0.25, -0.2) is 0 Å². The highest BCUT2D eigenvalue weighted by molar-refractivity contribution is 6.06. The minimum absolute atomic E-state index is 0.116. The van der Waals surface area contributed by atoms with E-state index in [2.05, 4.69) is 16.0 Å². The van der Waals surface area contributed by atoms with Crippen LogP contribution in [0.5, 0.6) is 0 Å². The number of ether oxygens (including phenoxy) is 1. The van der Waals surface area contributed by atoms with Gasteiger partial charge in [-0.3, -0.25) is 19.7 Å². The van der Waals surface area contributed by atoms with Crippen LogP contribution in [0.25, 0.3) is 0 Å². The van der Waals surface area contributed by atoms with E-state index in [-0.39, 0.29) is 23.2 Å². The van der Waals surface area contributed by atoms with Gasteiger partial charge < -0.3 is 20.7 Å². The summed E-state index contributed by atoms with van der Waals surface area (Å²) in [4.78, 5) is 36.2. The Labute approximate surface area is 193 Å². The molecule has 33 heavy (non-hydrogen) atoms. The average molecular weight is 455 g/mol. The van der Waals surface area contributed by atoms with E-state index < -0.39 is 10.8 Å². The van der Waals surface area contributed by atoms with Gasteiger partial charge in [0.25, 0.3) is 17.5 Å². The second-order valence-electron chi connectivity index (χ2n) is 8.20. The quantitative estimate of drug-likeness (QED) is 0.295. The fraction of sp³-hybridized carbons (Fsp3) is 0.417. The van der Waals surface area contributed by atoms with Crippen LogP contribution < -0.4 is 16.0 Å². The minimum atomic E-state index is -0.531. The van der Waals surface area contributed by atoms with Crippen LogP contribution in [0.4, 0.5) is 17.1 Å². The van der Waals surface area contributed by atoms with Crippen molar-refractivity contribution in [2.45, 2.75) is 45.1 Å². The van der Waals surface area contributed by atoms with Gasteiger partial charge in [0.1, 0.15) is 5.69 Å². The number of nitro groups is 1. The molecule has 2 aromatic rings. The Morgan fingerprint density at radius 3 is 2.33 bits per heavy atom. The zero-order chi connectivity index (χ0) is 23.8. The molecule has 1 aliphatic rings. The van der Waals surface area contributed by atoms with E-state index in [0.29, 0.717) is 30.1 Å². The van der Waals surface area contributed by atoms with Gasteiger partial charge >= 0.3 is 0 Å². The first-order valence-electron chi connectivity index (χ1n) is 11.1. The standard InChI is InChI=1S/C24H30N4O5/c1-16-14-17(23(29)26-19-6-4-3-5-7-19)8-10-20(16)27-24(30)18-9-11-21(25-12-13-33-2)22(15-18)28(31)32/h8-11,14-15,19,25H,3-7,12-13H2,1-2H3,(H,26,29)(H,27,30). The molecule has 2 amide bonds. The Morgan fingerprint density at radius 2 is 1.70 bits per heavy atom. The number of benzene rings is 2. The molecule has 1 saturated carbocycles. The first-order chi connectivity index (χ1) is 15.9. The molecular weight excluding hydrogens is 424 g/mol. The zero-order valence-corrected chi connectivity index (χ0v) is 19.0. The Bertz CT molecular complexity index is 1020. The molecule has 3 N–H and O–H groups in total. The summed E-state index contributed by atoms with van der Waals surface area (Å²) in [6.07, 6.45) is 5.50. The van der Waals surface area contributed by atoms with Crippen LogP contribution in [0.1, 0.15) is 58.4 Å². The maximum Gasteiger partial charge on any atom is 0.293 e. The van der Waals surface area contributed by atoms with E-state index in [1.165, 1.54) is 24.6 Å². The maximum atomic E-state index is 12.7. The molecule has 3 rings (SSSR count). The SMILES string of the molecule is COCCNc1ccc(C(=O)Nc2ccc(C(=O)NC3CCCCC3)cc2C)cc1[N+](=O)[O-]. The van der Waals surface area contributed by atoms with Gasteiger partial charge in [0.05, 0.1) is 11.5 Å². The maximum absolute atomic E-state index is 12.7. The molecule has 0 bridgehead atoms. The minimum Gasteiger partial charge on any atom is -0.383 e. The molecule has 0 spiro atoms. The first-order valence-corrected chi connectivity index (χ1v) is 11.1. The Morgan fingerprint density at radius 1 is 1.03 bits per heavy atom. The lowest BCUT2D eigenvalue weighted by molar-refractivity contribution is -0.384. The summed E-state index contributed by atoms with van der Waals surface area (Å²) in [6.45, 7) is 2.61. The summed E-state index contributed by atoms with van der Waals surface area (Å²) in [5, 5.41) is 20.2. The second kappa shape index (κ2) is 11.4. The molecule has 0 heterocycles. The molecule has 0 atom stereocenters. The lowest BCUT2D eigenvalue weighted by atomic mass is 9.95. The summed E-state index contributed by atoms with van der Waals surface area (Å²) in [5.74, 6) is -0.584. The third-order valence-corrected chi connectivity index (χ3v) is 5.76. The van der Waals surface area contributed by atoms with E-state index in [1.54, 1.807) is 32.2 Å². The smallest absolute Gasteiger partial charge is 0.293 e. The van der Waals surface area contributed by atoms with Gasteiger partial charge in [-0.05, 0) is 55.7 Å². The summed E-state index contributed by atoms with van der Waals surface area (Å²) in [6, 6.07) is 9.58. The van der Waals surface area contributed by atoms with E-state index in [9.17, 15) is 19.7 Å². The molecule has 0 saturated heterocycles. The fourth-order valence-corrected chi connectivity index (χ4v) is 3.92.